The second-order valence-electron chi connectivity index (χ2n) is 4.85. The molecule has 116 valence electrons. The summed E-state index contributed by atoms with van der Waals surface area (Å²) in [6.07, 6.45) is 3.72. The number of hydrogen-bond donors (Lipinski definition) is 0. The normalized spacial score (nSPS) is 15.8. The highest BCUT2D eigenvalue weighted by Gasteiger charge is 2.21. The van der Waals surface area contributed by atoms with Crippen LogP contribution in [0.3, 0.4) is 0 Å². The van der Waals surface area contributed by atoms with E-state index in [4.69, 9.17) is 4.74 Å². The topological polar surface area (TPSA) is 38.7 Å². The van der Waals surface area contributed by atoms with Crippen LogP contribution >= 0.6 is 23.5 Å². The van der Waals surface area contributed by atoms with Gasteiger partial charge < -0.3 is 4.74 Å². The maximum atomic E-state index is 11.9. The number of aliphatic imine (C=N–C) groups is 1. The predicted molar refractivity (Wildman–Crippen MR) is 98.7 cm³/mol. The molecule has 3 rings (SSSR count). The molecule has 0 atom stereocenters. The lowest BCUT2D eigenvalue weighted by Crippen LogP contribution is -1.95. The van der Waals surface area contributed by atoms with E-state index in [1.165, 1.54) is 23.5 Å². The van der Waals surface area contributed by atoms with Gasteiger partial charge >= 0.3 is 0 Å². The van der Waals surface area contributed by atoms with Crippen LogP contribution in [0.2, 0.25) is 0 Å². The Hall–Kier alpha value is -1.98. The Morgan fingerprint density at radius 2 is 2.00 bits per heavy atom. The number of ether oxygens (including phenoxy) is 1. The first-order valence-corrected chi connectivity index (χ1v) is 9.12. The molecule has 0 fully saturated rings. The molecular formula is C18H15NO2S2. The summed E-state index contributed by atoms with van der Waals surface area (Å²) in [5.74, 6) is 0.773. The van der Waals surface area contributed by atoms with Crippen LogP contribution in [0.4, 0.5) is 0 Å². The number of hydrogen-bond acceptors (Lipinski definition) is 5. The summed E-state index contributed by atoms with van der Waals surface area (Å²) in [6.45, 7) is 0.518. The zero-order valence-electron chi connectivity index (χ0n) is 12.6. The van der Waals surface area contributed by atoms with E-state index in [0.29, 0.717) is 12.3 Å². The maximum Gasteiger partial charge on any atom is 0.244 e. The van der Waals surface area contributed by atoms with Gasteiger partial charge in [0.25, 0.3) is 0 Å². The molecule has 2 aromatic rings. The van der Waals surface area contributed by atoms with Crippen LogP contribution in [-0.2, 0) is 11.4 Å². The molecule has 0 unspecified atom stereocenters. The summed E-state index contributed by atoms with van der Waals surface area (Å²) < 4.78 is 6.60. The Morgan fingerprint density at radius 3 is 2.74 bits per heavy atom. The molecule has 0 aliphatic carbocycles. The fourth-order valence-corrected chi connectivity index (χ4v) is 3.33. The summed E-state index contributed by atoms with van der Waals surface area (Å²) >= 11 is 2.67. The Bertz CT molecular complexity index is 770. The lowest BCUT2D eigenvalue weighted by atomic mass is 10.2. The molecule has 1 aliphatic rings. The highest BCUT2D eigenvalue weighted by molar-refractivity contribution is 8.45. The number of rotatable bonds is 4. The minimum absolute atomic E-state index is 0.00930. The van der Waals surface area contributed by atoms with Gasteiger partial charge in [0, 0.05) is 0 Å². The zero-order chi connectivity index (χ0) is 16.1. The molecule has 2 aromatic carbocycles. The molecule has 1 heterocycles. The molecule has 3 nitrogen and oxygen atoms in total. The standard InChI is InChI=1S/C18H15NO2S2/c1-22-18-19-16(17(20)23-18)11-14-8-5-9-15(10-14)21-12-13-6-3-2-4-7-13/h2-11H,12H2,1H3/b16-11+. The molecule has 1 aliphatic heterocycles. The van der Waals surface area contributed by atoms with Gasteiger partial charge in [0.15, 0.2) is 0 Å². The van der Waals surface area contributed by atoms with Gasteiger partial charge in [-0.1, -0.05) is 42.5 Å². The van der Waals surface area contributed by atoms with Crippen LogP contribution in [0.15, 0.2) is 65.3 Å². The quantitative estimate of drug-likeness (QED) is 0.762. The van der Waals surface area contributed by atoms with Crippen LogP contribution in [0.1, 0.15) is 11.1 Å². The van der Waals surface area contributed by atoms with E-state index in [1.807, 2.05) is 60.9 Å². The van der Waals surface area contributed by atoms with Gasteiger partial charge in [0.05, 0.1) is 0 Å². The first-order chi connectivity index (χ1) is 11.2. The van der Waals surface area contributed by atoms with Crippen molar-refractivity contribution in [1.82, 2.24) is 0 Å². The summed E-state index contributed by atoms with van der Waals surface area (Å²) in [5, 5.41) is -0.00930. The van der Waals surface area contributed by atoms with Crippen molar-refractivity contribution < 1.29 is 9.53 Å². The lowest BCUT2D eigenvalue weighted by molar-refractivity contribution is -0.107. The van der Waals surface area contributed by atoms with E-state index < -0.39 is 0 Å². The maximum absolute atomic E-state index is 11.9. The average molecular weight is 341 g/mol. The Balaban J connectivity index is 1.73. The summed E-state index contributed by atoms with van der Waals surface area (Å²) in [4.78, 5) is 16.2. The monoisotopic (exact) mass is 341 g/mol. The number of thioether (sulfide) groups is 2. The number of nitrogens with zero attached hydrogens (tertiary/aromatic N) is 1. The van der Waals surface area contributed by atoms with Crippen molar-refractivity contribution in [3.63, 3.8) is 0 Å². The van der Waals surface area contributed by atoms with Crippen molar-refractivity contribution in [2.24, 2.45) is 4.99 Å². The second kappa shape index (κ2) is 7.53. The van der Waals surface area contributed by atoms with Gasteiger partial charge in [-0.25, -0.2) is 4.99 Å². The van der Waals surface area contributed by atoms with Gasteiger partial charge in [-0.05, 0) is 47.4 Å². The summed E-state index contributed by atoms with van der Waals surface area (Å²) in [7, 11) is 0. The van der Waals surface area contributed by atoms with Crippen LogP contribution in [0, 0.1) is 0 Å². The predicted octanol–water partition coefficient (Wildman–Crippen LogP) is 4.60. The van der Waals surface area contributed by atoms with Crippen molar-refractivity contribution in [3.8, 4) is 5.75 Å². The van der Waals surface area contributed by atoms with Gasteiger partial charge in [-0.15, -0.1) is 11.8 Å². The van der Waals surface area contributed by atoms with Crippen LogP contribution < -0.4 is 4.74 Å². The molecule has 0 aromatic heterocycles. The van der Waals surface area contributed by atoms with Gasteiger partial charge in [0.2, 0.25) is 5.12 Å². The van der Waals surface area contributed by atoms with Gasteiger partial charge in [0.1, 0.15) is 22.4 Å². The first kappa shape index (κ1) is 15.9. The van der Waals surface area contributed by atoms with E-state index in [2.05, 4.69) is 4.99 Å². The first-order valence-electron chi connectivity index (χ1n) is 7.08. The molecule has 0 N–H and O–H groups in total. The smallest absolute Gasteiger partial charge is 0.244 e. The van der Waals surface area contributed by atoms with E-state index in [-0.39, 0.29) is 5.12 Å². The van der Waals surface area contributed by atoms with Crippen molar-refractivity contribution in [1.29, 1.82) is 0 Å². The van der Waals surface area contributed by atoms with Gasteiger partial charge in [-0.3, -0.25) is 4.79 Å². The molecular weight excluding hydrogens is 326 g/mol. The number of benzene rings is 2. The van der Waals surface area contributed by atoms with Crippen molar-refractivity contribution in [2.45, 2.75) is 6.61 Å². The Morgan fingerprint density at radius 1 is 1.17 bits per heavy atom. The van der Waals surface area contributed by atoms with E-state index in [9.17, 15) is 4.79 Å². The van der Waals surface area contributed by atoms with Crippen molar-refractivity contribution in [3.05, 3.63) is 71.4 Å². The Kier molecular flexibility index (Phi) is 5.20. The molecule has 0 saturated heterocycles. The molecule has 0 radical (unpaired) electrons. The zero-order valence-corrected chi connectivity index (χ0v) is 14.2. The second-order valence-corrected chi connectivity index (χ2v) is 6.86. The number of carbonyl (C=O) groups is 1. The van der Waals surface area contributed by atoms with E-state index in [1.54, 1.807) is 6.08 Å². The highest BCUT2D eigenvalue weighted by Crippen LogP contribution is 2.30. The summed E-state index contributed by atoms with van der Waals surface area (Å²) in [5.41, 5.74) is 2.51. The fourth-order valence-electron chi connectivity index (χ4n) is 2.07. The summed E-state index contributed by atoms with van der Waals surface area (Å²) in [6, 6.07) is 17.7. The van der Waals surface area contributed by atoms with Crippen molar-refractivity contribution >= 4 is 39.1 Å². The number of carbonyl (C=O) groups excluding carboxylic acids is 1. The average Bonchev–Trinajstić information content (AvgIpc) is 2.94. The fraction of sp³-hybridized carbons (Fsp3) is 0.111. The SMILES string of the molecule is CSC1=N/C(=C/c2cccc(OCc3ccccc3)c2)C(=O)S1. The third-order valence-corrected chi connectivity index (χ3v) is 5.04. The third-order valence-electron chi connectivity index (χ3n) is 3.19. The largest absolute Gasteiger partial charge is 0.489 e. The van der Waals surface area contributed by atoms with Crippen LogP contribution in [0.25, 0.3) is 6.08 Å². The molecule has 0 spiro atoms. The molecule has 0 bridgehead atoms. The minimum Gasteiger partial charge on any atom is -0.489 e. The third kappa shape index (κ3) is 4.27. The van der Waals surface area contributed by atoms with Crippen LogP contribution in [-0.4, -0.2) is 15.7 Å². The molecule has 5 heteroatoms. The Labute approximate surface area is 143 Å². The van der Waals surface area contributed by atoms with Gasteiger partial charge in [-0.2, -0.15) is 0 Å². The minimum atomic E-state index is -0.00930. The molecule has 23 heavy (non-hydrogen) atoms. The van der Waals surface area contributed by atoms with Crippen molar-refractivity contribution in [2.75, 3.05) is 6.26 Å². The van der Waals surface area contributed by atoms with Crippen LogP contribution in [0.5, 0.6) is 5.75 Å². The highest BCUT2D eigenvalue weighted by atomic mass is 32.2. The lowest BCUT2D eigenvalue weighted by Gasteiger charge is -2.07. The molecule has 0 amide bonds. The van der Waals surface area contributed by atoms with E-state index in [0.717, 1.165) is 21.3 Å². The molecule has 0 saturated carbocycles. The van der Waals surface area contributed by atoms with E-state index >= 15 is 0 Å².